The third-order valence-corrected chi connectivity index (χ3v) is 1.55. The number of hydrogen-bond donors (Lipinski definition) is 1. The van der Waals surface area contributed by atoms with E-state index in [-0.39, 0.29) is 6.61 Å². The molecule has 0 radical (unpaired) electrons. The lowest BCUT2D eigenvalue weighted by molar-refractivity contribution is 0.302. The summed E-state index contributed by atoms with van der Waals surface area (Å²) in [5.41, 5.74) is 1.41. The van der Waals surface area contributed by atoms with Crippen molar-refractivity contribution in [2.24, 2.45) is 0 Å². The van der Waals surface area contributed by atoms with Gasteiger partial charge in [-0.3, -0.25) is 0 Å². The van der Waals surface area contributed by atoms with E-state index in [9.17, 15) is 0 Å². The molecule has 0 saturated carbocycles. The fourth-order valence-corrected chi connectivity index (χ4v) is 0.869. The first kappa shape index (κ1) is 9.70. The molecule has 0 aliphatic heterocycles. The average molecular weight is 142 g/mol. The SMILES string of the molecule is CCCC/C(C)=C/CCO. The molecular formula is C9H18O. The van der Waals surface area contributed by atoms with Crippen LogP contribution in [0.1, 0.15) is 39.5 Å². The monoisotopic (exact) mass is 142 g/mol. The molecule has 0 spiro atoms. The van der Waals surface area contributed by atoms with Gasteiger partial charge in [0.15, 0.2) is 0 Å². The van der Waals surface area contributed by atoms with Gasteiger partial charge in [-0.05, 0) is 26.2 Å². The number of aliphatic hydroxyl groups is 1. The van der Waals surface area contributed by atoms with Crippen LogP contribution >= 0.6 is 0 Å². The number of rotatable bonds is 5. The Morgan fingerprint density at radius 1 is 1.50 bits per heavy atom. The van der Waals surface area contributed by atoms with E-state index >= 15 is 0 Å². The zero-order valence-electron chi connectivity index (χ0n) is 7.06. The molecule has 0 aromatic heterocycles. The average Bonchev–Trinajstić information content (AvgIpc) is 1.97. The fourth-order valence-electron chi connectivity index (χ4n) is 0.869. The van der Waals surface area contributed by atoms with Crippen molar-refractivity contribution in [3.8, 4) is 0 Å². The molecule has 0 aliphatic carbocycles. The molecule has 10 heavy (non-hydrogen) atoms. The van der Waals surface area contributed by atoms with Gasteiger partial charge in [0.1, 0.15) is 0 Å². The number of hydrogen-bond acceptors (Lipinski definition) is 1. The Bertz CT molecular complexity index is 94.9. The van der Waals surface area contributed by atoms with Gasteiger partial charge in [-0.15, -0.1) is 0 Å². The van der Waals surface area contributed by atoms with Crippen molar-refractivity contribution in [2.45, 2.75) is 39.5 Å². The second-order valence-electron chi connectivity index (χ2n) is 2.67. The number of allylic oxidation sites excluding steroid dienone is 1. The van der Waals surface area contributed by atoms with Crippen molar-refractivity contribution in [3.05, 3.63) is 11.6 Å². The number of unbranched alkanes of at least 4 members (excludes halogenated alkanes) is 1. The molecule has 0 aromatic carbocycles. The Morgan fingerprint density at radius 3 is 2.70 bits per heavy atom. The molecule has 0 amide bonds. The van der Waals surface area contributed by atoms with Crippen molar-refractivity contribution in [3.63, 3.8) is 0 Å². The first-order valence-electron chi connectivity index (χ1n) is 4.07. The highest BCUT2D eigenvalue weighted by Gasteiger charge is 1.87. The van der Waals surface area contributed by atoms with Crippen LogP contribution in [0.3, 0.4) is 0 Å². The van der Waals surface area contributed by atoms with Crippen molar-refractivity contribution >= 4 is 0 Å². The van der Waals surface area contributed by atoms with Crippen molar-refractivity contribution in [1.82, 2.24) is 0 Å². The summed E-state index contributed by atoms with van der Waals surface area (Å²) in [5.74, 6) is 0. The van der Waals surface area contributed by atoms with Gasteiger partial charge in [0.2, 0.25) is 0 Å². The topological polar surface area (TPSA) is 20.2 Å². The van der Waals surface area contributed by atoms with E-state index in [4.69, 9.17) is 5.11 Å². The number of aliphatic hydroxyl groups excluding tert-OH is 1. The fraction of sp³-hybridized carbons (Fsp3) is 0.778. The Morgan fingerprint density at radius 2 is 2.20 bits per heavy atom. The summed E-state index contributed by atoms with van der Waals surface area (Å²) in [6.07, 6.45) is 6.65. The minimum absolute atomic E-state index is 0.281. The Balaban J connectivity index is 3.30. The molecular weight excluding hydrogens is 124 g/mol. The molecule has 1 nitrogen and oxygen atoms in total. The molecule has 1 heteroatoms. The second kappa shape index (κ2) is 6.81. The normalized spacial score (nSPS) is 12.1. The minimum atomic E-state index is 0.281. The van der Waals surface area contributed by atoms with Crippen LogP contribution in [0.4, 0.5) is 0 Å². The highest BCUT2D eigenvalue weighted by atomic mass is 16.2. The zero-order chi connectivity index (χ0) is 7.82. The molecule has 0 heterocycles. The molecule has 1 N–H and O–H groups in total. The summed E-state index contributed by atoms with van der Waals surface area (Å²) in [7, 11) is 0. The van der Waals surface area contributed by atoms with Crippen molar-refractivity contribution in [2.75, 3.05) is 6.61 Å². The van der Waals surface area contributed by atoms with E-state index in [1.165, 1.54) is 24.8 Å². The van der Waals surface area contributed by atoms with Gasteiger partial charge in [0.25, 0.3) is 0 Å². The van der Waals surface area contributed by atoms with Crippen LogP contribution in [0.2, 0.25) is 0 Å². The summed E-state index contributed by atoms with van der Waals surface area (Å²) in [6.45, 7) is 4.61. The molecule has 0 unspecified atom stereocenters. The van der Waals surface area contributed by atoms with Crippen molar-refractivity contribution < 1.29 is 5.11 Å². The lowest BCUT2D eigenvalue weighted by Crippen LogP contribution is -1.81. The van der Waals surface area contributed by atoms with E-state index in [1.54, 1.807) is 0 Å². The maximum Gasteiger partial charge on any atom is 0.0465 e. The van der Waals surface area contributed by atoms with Gasteiger partial charge in [-0.1, -0.05) is 25.0 Å². The molecule has 0 aromatic rings. The van der Waals surface area contributed by atoms with E-state index in [0.717, 1.165) is 6.42 Å². The summed E-state index contributed by atoms with van der Waals surface area (Å²) in [4.78, 5) is 0. The maximum atomic E-state index is 8.50. The summed E-state index contributed by atoms with van der Waals surface area (Å²) < 4.78 is 0. The summed E-state index contributed by atoms with van der Waals surface area (Å²) >= 11 is 0. The quantitative estimate of drug-likeness (QED) is 0.585. The van der Waals surface area contributed by atoms with E-state index < -0.39 is 0 Å². The van der Waals surface area contributed by atoms with Gasteiger partial charge >= 0.3 is 0 Å². The van der Waals surface area contributed by atoms with Crippen LogP contribution < -0.4 is 0 Å². The molecule has 60 valence electrons. The molecule has 0 bridgehead atoms. The molecule has 0 atom stereocenters. The third kappa shape index (κ3) is 5.83. The predicted octanol–water partition coefficient (Wildman–Crippen LogP) is 2.51. The van der Waals surface area contributed by atoms with Gasteiger partial charge in [0, 0.05) is 6.61 Å². The summed E-state index contributed by atoms with van der Waals surface area (Å²) in [5, 5.41) is 8.50. The van der Waals surface area contributed by atoms with Gasteiger partial charge in [0.05, 0.1) is 0 Å². The van der Waals surface area contributed by atoms with Gasteiger partial charge < -0.3 is 5.11 Å². The van der Waals surface area contributed by atoms with Crippen LogP contribution in [0.5, 0.6) is 0 Å². The zero-order valence-corrected chi connectivity index (χ0v) is 7.06. The molecule has 0 saturated heterocycles. The van der Waals surface area contributed by atoms with E-state index in [2.05, 4.69) is 19.9 Å². The Hall–Kier alpha value is -0.300. The van der Waals surface area contributed by atoms with Crippen LogP contribution in [0.25, 0.3) is 0 Å². The van der Waals surface area contributed by atoms with Crippen LogP contribution in [0, 0.1) is 0 Å². The smallest absolute Gasteiger partial charge is 0.0465 e. The van der Waals surface area contributed by atoms with E-state index in [1.807, 2.05) is 0 Å². The van der Waals surface area contributed by atoms with Gasteiger partial charge in [-0.25, -0.2) is 0 Å². The maximum absolute atomic E-state index is 8.50. The van der Waals surface area contributed by atoms with Crippen LogP contribution in [0.15, 0.2) is 11.6 Å². The van der Waals surface area contributed by atoms with Crippen molar-refractivity contribution in [1.29, 1.82) is 0 Å². The lowest BCUT2D eigenvalue weighted by atomic mass is 10.1. The minimum Gasteiger partial charge on any atom is -0.396 e. The second-order valence-corrected chi connectivity index (χ2v) is 2.67. The van der Waals surface area contributed by atoms with Crippen LogP contribution in [-0.2, 0) is 0 Å². The summed E-state index contributed by atoms with van der Waals surface area (Å²) in [6, 6.07) is 0. The Labute approximate surface area is 63.8 Å². The highest BCUT2D eigenvalue weighted by molar-refractivity contribution is 4.97. The third-order valence-electron chi connectivity index (χ3n) is 1.55. The Kier molecular flexibility index (Phi) is 6.61. The highest BCUT2D eigenvalue weighted by Crippen LogP contribution is 2.06. The van der Waals surface area contributed by atoms with E-state index in [0.29, 0.717) is 0 Å². The largest absolute Gasteiger partial charge is 0.396 e. The molecule has 0 aliphatic rings. The van der Waals surface area contributed by atoms with Crippen LogP contribution in [-0.4, -0.2) is 11.7 Å². The standard InChI is InChI=1S/C9H18O/c1-3-4-6-9(2)7-5-8-10/h7,10H,3-6,8H2,1-2H3/b9-7+. The molecule has 0 fully saturated rings. The predicted molar refractivity (Wildman–Crippen MR) is 45.0 cm³/mol. The first-order valence-corrected chi connectivity index (χ1v) is 4.07. The van der Waals surface area contributed by atoms with Gasteiger partial charge in [-0.2, -0.15) is 0 Å². The lowest BCUT2D eigenvalue weighted by Gasteiger charge is -1.97. The molecule has 0 rings (SSSR count). The first-order chi connectivity index (χ1) is 4.81.